The van der Waals surface area contributed by atoms with E-state index in [-0.39, 0.29) is 29.4 Å². The Balaban J connectivity index is 1.53. The average Bonchev–Trinajstić information content (AvgIpc) is 2.93. The highest BCUT2D eigenvalue weighted by molar-refractivity contribution is 7.99. The summed E-state index contributed by atoms with van der Waals surface area (Å²) in [5, 5.41) is 2.72. The fourth-order valence-electron chi connectivity index (χ4n) is 2.96. The number of nitrogens with zero attached hydrogens (tertiary/aromatic N) is 1. The molecule has 1 aliphatic heterocycles. The van der Waals surface area contributed by atoms with Gasteiger partial charge in [-0.05, 0) is 24.6 Å². The van der Waals surface area contributed by atoms with Gasteiger partial charge < -0.3 is 10.2 Å². The SMILES string of the molecule is O=C(NCC(=O)N1CCSC(c2ccccc2F)CC1)c1ccccc1. The quantitative estimate of drug-likeness (QED) is 0.896. The van der Waals surface area contributed by atoms with Crippen molar-refractivity contribution in [2.24, 2.45) is 0 Å². The standard InChI is InChI=1S/C20H21FN2O2S/c21-17-9-5-4-8-16(17)18-10-11-23(12-13-26-18)19(24)14-22-20(25)15-6-2-1-3-7-15/h1-9,18H,10-14H2,(H,22,25). The molecule has 2 aromatic rings. The maximum Gasteiger partial charge on any atom is 0.251 e. The Kier molecular flexibility index (Phi) is 6.28. The van der Waals surface area contributed by atoms with Crippen molar-refractivity contribution in [1.82, 2.24) is 10.2 Å². The van der Waals surface area contributed by atoms with Crippen LogP contribution in [0.5, 0.6) is 0 Å². The Hall–Kier alpha value is -2.34. The summed E-state index contributed by atoms with van der Waals surface area (Å²) in [4.78, 5) is 26.2. The van der Waals surface area contributed by atoms with E-state index in [0.717, 1.165) is 5.75 Å². The molecule has 1 N–H and O–H groups in total. The number of hydrogen-bond acceptors (Lipinski definition) is 3. The zero-order valence-electron chi connectivity index (χ0n) is 14.4. The van der Waals surface area contributed by atoms with Gasteiger partial charge in [0.25, 0.3) is 5.91 Å². The zero-order chi connectivity index (χ0) is 18.4. The smallest absolute Gasteiger partial charge is 0.251 e. The first-order chi connectivity index (χ1) is 12.6. The highest BCUT2D eigenvalue weighted by Gasteiger charge is 2.23. The summed E-state index contributed by atoms with van der Waals surface area (Å²) in [5.41, 5.74) is 1.23. The summed E-state index contributed by atoms with van der Waals surface area (Å²) < 4.78 is 14.0. The molecule has 0 radical (unpaired) electrons. The van der Waals surface area contributed by atoms with Gasteiger partial charge in [0.05, 0.1) is 6.54 Å². The molecule has 4 nitrogen and oxygen atoms in total. The van der Waals surface area contributed by atoms with Crippen molar-refractivity contribution in [3.05, 3.63) is 71.5 Å². The largest absolute Gasteiger partial charge is 0.343 e. The van der Waals surface area contributed by atoms with E-state index in [2.05, 4.69) is 5.32 Å². The fourth-order valence-corrected chi connectivity index (χ4v) is 4.22. The summed E-state index contributed by atoms with van der Waals surface area (Å²) >= 11 is 1.67. The average molecular weight is 372 g/mol. The van der Waals surface area contributed by atoms with E-state index >= 15 is 0 Å². The molecule has 0 spiro atoms. The van der Waals surface area contributed by atoms with Gasteiger partial charge in [0, 0.05) is 35.2 Å². The van der Waals surface area contributed by atoms with Crippen LogP contribution in [-0.2, 0) is 4.79 Å². The molecular formula is C20H21FN2O2S. The van der Waals surface area contributed by atoms with E-state index in [9.17, 15) is 14.0 Å². The van der Waals surface area contributed by atoms with Crippen molar-refractivity contribution in [3.63, 3.8) is 0 Å². The molecule has 0 bridgehead atoms. The second kappa shape index (κ2) is 8.85. The lowest BCUT2D eigenvalue weighted by Crippen LogP contribution is -2.41. The third-order valence-electron chi connectivity index (χ3n) is 4.38. The molecule has 3 rings (SSSR count). The van der Waals surface area contributed by atoms with Gasteiger partial charge in [-0.2, -0.15) is 11.8 Å². The van der Waals surface area contributed by atoms with Gasteiger partial charge in [-0.25, -0.2) is 4.39 Å². The van der Waals surface area contributed by atoms with Crippen LogP contribution in [0.2, 0.25) is 0 Å². The monoisotopic (exact) mass is 372 g/mol. The van der Waals surface area contributed by atoms with Crippen LogP contribution >= 0.6 is 11.8 Å². The number of rotatable bonds is 4. The third kappa shape index (κ3) is 4.64. The lowest BCUT2D eigenvalue weighted by Gasteiger charge is -2.20. The predicted molar refractivity (Wildman–Crippen MR) is 102 cm³/mol. The molecule has 1 aliphatic rings. The van der Waals surface area contributed by atoms with Gasteiger partial charge in [-0.15, -0.1) is 0 Å². The third-order valence-corrected chi connectivity index (χ3v) is 5.69. The zero-order valence-corrected chi connectivity index (χ0v) is 15.2. The number of carbonyl (C=O) groups excluding carboxylic acids is 2. The number of hydrogen-bond donors (Lipinski definition) is 1. The summed E-state index contributed by atoms with van der Waals surface area (Å²) in [6, 6.07) is 15.6. The van der Waals surface area contributed by atoms with Gasteiger partial charge >= 0.3 is 0 Å². The maximum absolute atomic E-state index is 14.0. The molecule has 1 saturated heterocycles. The predicted octanol–water partition coefficient (Wildman–Crippen LogP) is 3.26. The molecule has 1 fully saturated rings. The normalized spacial score (nSPS) is 17.4. The van der Waals surface area contributed by atoms with E-state index in [1.807, 2.05) is 18.2 Å². The fraction of sp³-hybridized carbons (Fsp3) is 0.300. The Morgan fingerprint density at radius 1 is 1.08 bits per heavy atom. The molecule has 136 valence electrons. The molecule has 1 unspecified atom stereocenters. The van der Waals surface area contributed by atoms with Gasteiger partial charge in [0.2, 0.25) is 5.91 Å². The molecule has 0 saturated carbocycles. The van der Waals surface area contributed by atoms with Crippen LogP contribution < -0.4 is 5.32 Å². The second-order valence-electron chi connectivity index (χ2n) is 6.10. The van der Waals surface area contributed by atoms with Crippen LogP contribution in [0.15, 0.2) is 54.6 Å². The Bertz CT molecular complexity index is 769. The molecule has 26 heavy (non-hydrogen) atoms. The molecule has 2 amide bonds. The number of nitrogens with one attached hydrogen (secondary N) is 1. The second-order valence-corrected chi connectivity index (χ2v) is 7.41. The first kappa shape index (κ1) is 18.5. The van der Waals surface area contributed by atoms with Crippen molar-refractivity contribution in [2.45, 2.75) is 11.7 Å². The highest BCUT2D eigenvalue weighted by atomic mass is 32.2. The minimum absolute atomic E-state index is 0.0250. The van der Waals surface area contributed by atoms with E-state index in [4.69, 9.17) is 0 Å². The van der Waals surface area contributed by atoms with E-state index in [1.165, 1.54) is 6.07 Å². The molecule has 1 heterocycles. The van der Waals surface area contributed by atoms with Crippen LogP contribution in [0, 0.1) is 5.82 Å². The first-order valence-electron chi connectivity index (χ1n) is 8.62. The molecule has 0 aromatic heterocycles. The van der Waals surface area contributed by atoms with Crippen molar-refractivity contribution in [2.75, 3.05) is 25.4 Å². The summed E-state index contributed by atoms with van der Waals surface area (Å²) in [7, 11) is 0. The number of amides is 2. The summed E-state index contributed by atoms with van der Waals surface area (Å²) in [6.45, 7) is 1.14. The first-order valence-corrected chi connectivity index (χ1v) is 9.67. The van der Waals surface area contributed by atoms with Crippen LogP contribution in [-0.4, -0.2) is 42.1 Å². The molecule has 0 aliphatic carbocycles. The molecule has 1 atom stereocenters. The summed E-state index contributed by atoms with van der Waals surface area (Å²) in [6.07, 6.45) is 0.698. The van der Waals surface area contributed by atoms with Crippen molar-refractivity contribution >= 4 is 23.6 Å². The van der Waals surface area contributed by atoms with E-state index < -0.39 is 0 Å². The number of benzene rings is 2. The Labute approximate surface area is 156 Å². The van der Waals surface area contributed by atoms with Crippen LogP contribution in [0.25, 0.3) is 0 Å². The van der Waals surface area contributed by atoms with Crippen LogP contribution in [0.1, 0.15) is 27.6 Å². The molecule has 2 aromatic carbocycles. The topological polar surface area (TPSA) is 49.4 Å². The number of thioether (sulfide) groups is 1. The lowest BCUT2D eigenvalue weighted by atomic mass is 10.1. The van der Waals surface area contributed by atoms with Crippen molar-refractivity contribution < 1.29 is 14.0 Å². The van der Waals surface area contributed by atoms with Crippen molar-refractivity contribution in [3.8, 4) is 0 Å². The molecule has 6 heteroatoms. The van der Waals surface area contributed by atoms with Gasteiger partial charge in [-0.1, -0.05) is 36.4 Å². The van der Waals surface area contributed by atoms with E-state index in [0.29, 0.717) is 30.6 Å². The number of halogens is 1. The number of carbonyl (C=O) groups is 2. The van der Waals surface area contributed by atoms with Gasteiger partial charge in [0.1, 0.15) is 5.82 Å². The van der Waals surface area contributed by atoms with Crippen LogP contribution in [0.4, 0.5) is 4.39 Å². The Morgan fingerprint density at radius 2 is 1.81 bits per heavy atom. The minimum atomic E-state index is -0.257. The van der Waals surface area contributed by atoms with Gasteiger partial charge in [-0.3, -0.25) is 9.59 Å². The Morgan fingerprint density at radius 3 is 2.58 bits per heavy atom. The highest BCUT2D eigenvalue weighted by Crippen LogP contribution is 2.35. The van der Waals surface area contributed by atoms with E-state index in [1.54, 1.807) is 47.0 Å². The minimum Gasteiger partial charge on any atom is -0.343 e. The summed E-state index contributed by atoms with van der Waals surface area (Å²) in [5.74, 6) is 0.188. The lowest BCUT2D eigenvalue weighted by molar-refractivity contribution is -0.129. The van der Waals surface area contributed by atoms with Crippen LogP contribution in [0.3, 0.4) is 0 Å². The maximum atomic E-state index is 14.0. The van der Waals surface area contributed by atoms with Gasteiger partial charge in [0.15, 0.2) is 0 Å². The molecular weight excluding hydrogens is 351 g/mol. The van der Waals surface area contributed by atoms with Crippen molar-refractivity contribution in [1.29, 1.82) is 0 Å².